The van der Waals surface area contributed by atoms with Crippen LogP contribution >= 0.6 is 0 Å². The fourth-order valence-corrected chi connectivity index (χ4v) is 3.74. The zero-order valence-corrected chi connectivity index (χ0v) is 14.7. The number of likely N-dealkylation sites (tertiary alicyclic amines) is 1. The lowest BCUT2D eigenvalue weighted by molar-refractivity contribution is 0.0709. The van der Waals surface area contributed by atoms with Gasteiger partial charge in [0.05, 0.1) is 13.7 Å². The summed E-state index contributed by atoms with van der Waals surface area (Å²) in [5.74, 6) is 1.81. The van der Waals surface area contributed by atoms with E-state index >= 15 is 0 Å². The Labute approximate surface area is 151 Å². The number of carbonyl (C=O) groups is 1. The highest BCUT2D eigenvalue weighted by Gasteiger charge is 2.29. The van der Waals surface area contributed by atoms with Crippen LogP contribution in [0.3, 0.4) is 0 Å². The molecule has 2 aliphatic rings. The Balaban J connectivity index is 1.42. The second kappa shape index (κ2) is 7.03. The fourth-order valence-electron chi connectivity index (χ4n) is 3.74. The van der Waals surface area contributed by atoms with Gasteiger partial charge in [-0.05, 0) is 31.0 Å². The lowest BCUT2D eigenvalue weighted by Crippen LogP contribution is -2.39. The molecule has 1 fully saturated rings. The van der Waals surface area contributed by atoms with Crippen molar-refractivity contribution < 1.29 is 13.9 Å². The van der Waals surface area contributed by atoms with Gasteiger partial charge in [-0.2, -0.15) is 0 Å². The first-order chi connectivity index (χ1) is 12.7. The number of hydrogen-bond acceptors (Lipinski definition) is 5. The van der Waals surface area contributed by atoms with Gasteiger partial charge in [-0.3, -0.25) is 4.79 Å². The summed E-state index contributed by atoms with van der Waals surface area (Å²) >= 11 is 0. The monoisotopic (exact) mass is 359 g/mol. The van der Waals surface area contributed by atoms with Gasteiger partial charge in [0.1, 0.15) is 11.6 Å². The number of amides is 1. The van der Waals surface area contributed by atoms with Crippen molar-refractivity contribution in [2.75, 3.05) is 26.7 Å². The van der Waals surface area contributed by atoms with Crippen LogP contribution in [0, 0.1) is 5.82 Å². The van der Waals surface area contributed by atoms with Crippen molar-refractivity contribution in [3.8, 4) is 5.75 Å². The second-order valence-electron chi connectivity index (χ2n) is 6.72. The Morgan fingerprint density at radius 1 is 1.27 bits per heavy atom. The number of carbonyl (C=O) groups excluding carboxylic acids is 1. The van der Waals surface area contributed by atoms with Gasteiger partial charge in [0.25, 0.3) is 5.91 Å². The third kappa shape index (κ3) is 3.05. The van der Waals surface area contributed by atoms with Gasteiger partial charge >= 0.3 is 0 Å². The Kier molecular flexibility index (Phi) is 4.58. The fraction of sp³-hybridized carbons (Fsp3) is 0.500. The number of piperidine rings is 1. The maximum Gasteiger partial charge on any atom is 0.253 e. The molecule has 7 nitrogen and oxygen atoms in total. The first-order valence-corrected chi connectivity index (χ1v) is 8.93. The summed E-state index contributed by atoms with van der Waals surface area (Å²) < 4.78 is 21.0. The van der Waals surface area contributed by atoms with E-state index < -0.39 is 5.82 Å². The molecule has 1 amide bonds. The van der Waals surface area contributed by atoms with E-state index in [2.05, 4.69) is 20.1 Å². The molecule has 1 saturated heterocycles. The van der Waals surface area contributed by atoms with Crippen molar-refractivity contribution in [2.24, 2.45) is 0 Å². The van der Waals surface area contributed by atoms with Crippen molar-refractivity contribution in [1.82, 2.24) is 25.0 Å². The van der Waals surface area contributed by atoms with Crippen LogP contribution in [0.25, 0.3) is 0 Å². The molecule has 2 aliphatic heterocycles. The molecule has 0 spiro atoms. The summed E-state index contributed by atoms with van der Waals surface area (Å²) in [5.41, 5.74) is 0.354. The molecule has 0 radical (unpaired) electrons. The van der Waals surface area contributed by atoms with E-state index in [4.69, 9.17) is 4.74 Å². The van der Waals surface area contributed by atoms with Gasteiger partial charge in [0.2, 0.25) is 0 Å². The summed E-state index contributed by atoms with van der Waals surface area (Å²) in [6, 6.07) is 4.35. The zero-order chi connectivity index (χ0) is 18.1. The normalized spacial score (nSPS) is 17.8. The first kappa shape index (κ1) is 17.0. The molecule has 0 bridgehead atoms. The number of nitrogens with one attached hydrogen (secondary N) is 1. The molecule has 0 aliphatic carbocycles. The molecule has 1 N–H and O–H groups in total. The number of fused-ring (bicyclic) bond motifs is 1. The summed E-state index contributed by atoms with van der Waals surface area (Å²) in [7, 11) is 1.41. The molecule has 4 rings (SSSR count). The standard InChI is InChI=1S/C18H22FN5O2/c1-26-15-3-2-13(10-14(15)19)18(25)23-7-4-12(5-8-23)17-22-21-16-11-20-6-9-24(16)17/h2-3,10,12,20H,4-9,11H2,1H3. The van der Waals surface area contributed by atoms with Crippen LogP contribution in [-0.2, 0) is 13.1 Å². The number of rotatable bonds is 3. The van der Waals surface area contributed by atoms with E-state index in [9.17, 15) is 9.18 Å². The maximum absolute atomic E-state index is 13.9. The van der Waals surface area contributed by atoms with Gasteiger partial charge in [0.15, 0.2) is 11.6 Å². The smallest absolute Gasteiger partial charge is 0.253 e. The SMILES string of the molecule is COc1ccc(C(=O)N2CCC(c3nnc4n3CCNC4)CC2)cc1F. The van der Waals surface area contributed by atoms with Crippen molar-refractivity contribution in [2.45, 2.75) is 31.8 Å². The predicted molar refractivity (Wildman–Crippen MR) is 92.6 cm³/mol. The molecule has 0 atom stereocenters. The van der Waals surface area contributed by atoms with Crippen molar-refractivity contribution in [3.05, 3.63) is 41.2 Å². The largest absolute Gasteiger partial charge is 0.494 e. The third-order valence-corrected chi connectivity index (χ3v) is 5.20. The molecule has 0 saturated carbocycles. The minimum Gasteiger partial charge on any atom is -0.494 e. The number of aromatic nitrogens is 3. The first-order valence-electron chi connectivity index (χ1n) is 8.93. The number of nitrogens with zero attached hydrogens (tertiary/aromatic N) is 4. The van der Waals surface area contributed by atoms with Gasteiger partial charge in [-0.15, -0.1) is 10.2 Å². The molecule has 138 valence electrons. The maximum atomic E-state index is 13.9. The molecular weight excluding hydrogens is 337 g/mol. The van der Waals surface area contributed by atoms with Crippen LogP contribution in [-0.4, -0.2) is 52.3 Å². The topological polar surface area (TPSA) is 72.3 Å². The van der Waals surface area contributed by atoms with E-state index in [0.29, 0.717) is 24.6 Å². The number of halogens is 1. The molecule has 1 aromatic heterocycles. The number of methoxy groups -OCH3 is 1. The van der Waals surface area contributed by atoms with Crippen molar-refractivity contribution in [3.63, 3.8) is 0 Å². The average Bonchev–Trinajstić information content (AvgIpc) is 3.11. The summed E-state index contributed by atoms with van der Waals surface area (Å²) in [4.78, 5) is 14.4. The highest BCUT2D eigenvalue weighted by molar-refractivity contribution is 5.94. The molecule has 3 heterocycles. The van der Waals surface area contributed by atoms with Crippen LogP contribution in [0.15, 0.2) is 18.2 Å². The molecular formula is C18H22FN5O2. The van der Waals surface area contributed by atoms with E-state index in [1.165, 1.54) is 19.2 Å². The van der Waals surface area contributed by atoms with Crippen molar-refractivity contribution >= 4 is 5.91 Å². The molecule has 26 heavy (non-hydrogen) atoms. The highest BCUT2D eigenvalue weighted by atomic mass is 19.1. The van der Waals surface area contributed by atoms with Crippen LogP contribution in [0.2, 0.25) is 0 Å². The van der Waals surface area contributed by atoms with Crippen LogP contribution in [0.1, 0.15) is 40.8 Å². The minimum absolute atomic E-state index is 0.141. The number of ether oxygens (including phenoxy) is 1. The highest BCUT2D eigenvalue weighted by Crippen LogP contribution is 2.29. The van der Waals surface area contributed by atoms with Crippen molar-refractivity contribution in [1.29, 1.82) is 0 Å². The molecule has 0 unspecified atom stereocenters. The zero-order valence-electron chi connectivity index (χ0n) is 14.7. The molecule has 2 aromatic rings. The van der Waals surface area contributed by atoms with E-state index in [-0.39, 0.29) is 11.7 Å². The van der Waals surface area contributed by atoms with E-state index in [1.54, 1.807) is 11.0 Å². The molecule has 1 aromatic carbocycles. The van der Waals surface area contributed by atoms with E-state index in [1.807, 2.05) is 0 Å². The van der Waals surface area contributed by atoms with Gasteiger partial charge < -0.3 is 19.5 Å². The summed E-state index contributed by atoms with van der Waals surface area (Å²) in [6.07, 6.45) is 1.69. The van der Waals surface area contributed by atoms with Gasteiger partial charge in [-0.1, -0.05) is 0 Å². The Morgan fingerprint density at radius 2 is 2.08 bits per heavy atom. The van der Waals surface area contributed by atoms with Crippen LogP contribution < -0.4 is 10.1 Å². The number of benzene rings is 1. The predicted octanol–water partition coefficient (Wildman–Crippen LogP) is 1.55. The Hall–Kier alpha value is -2.48. The average molecular weight is 359 g/mol. The molecule has 8 heteroatoms. The lowest BCUT2D eigenvalue weighted by atomic mass is 9.95. The quantitative estimate of drug-likeness (QED) is 0.900. The number of hydrogen-bond donors (Lipinski definition) is 1. The van der Waals surface area contributed by atoms with Gasteiger partial charge in [0, 0.05) is 37.7 Å². The second-order valence-corrected chi connectivity index (χ2v) is 6.72. The van der Waals surface area contributed by atoms with Crippen LogP contribution in [0.5, 0.6) is 5.75 Å². The van der Waals surface area contributed by atoms with Gasteiger partial charge in [-0.25, -0.2) is 4.39 Å². The minimum atomic E-state index is -0.517. The van der Waals surface area contributed by atoms with Crippen LogP contribution in [0.4, 0.5) is 4.39 Å². The Morgan fingerprint density at radius 3 is 2.81 bits per heavy atom. The lowest BCUT2D eigenvalue weighted by Gasteiger charge is -2.32. The third-order valence-electron chi connectivity index (χ3n) is 5.20. The van der Waals surface area contributed by atoms with E-state index in [0.717, 1.165) is 44.1 Å². The summed E-state index contributed by atoms with van der Waals surface area (Å²) in [6.45, 7) is 3.85. The summed E-state index contributed by atoms with van der Waals surface area (Å²) in [5, 5.41) is 12.0. The Bertz CT molecular complexity index is 814.